The van der Waals surface area contributed by atoms with E-state index in [1.54, 1.807) is 12.1 Å². The van der Waals surface area contributed by atoms with E-state index in [9.17, 15) is 20.0 Å². The lowest BCUT2D eigenvalue weighted by Gasteiger charge is -2.09. The van der Waals surface area contributed by atoms with Crippen LogP contribution in [0.3, 0.4) is 0 Å². The first kappa shape index (κ1) is 10.8. The predicted octanol–water partition coefficient (Wildman–Crippen LogP) is 1.33. The highest BCUT2D eigenvalue weighted by Gasteiger charge is 2.38. The number of carbonyl (C=O) groups is 1. The Hall–Kier alpha value is -1.75. The molecule has 0 amide bonds. The number of fused-ring (bicyclic) bond motifs is 1. The molecule has 0 saturated carbocycles. The first-order valence-corrected chi connectivity index (χ1v) is 5.01. The van der Waals surface area contributed by atoms with Gasteiger partial charge >= 0.3 is 0 Å². The number of rotatable bonds is 2. The van der Waals surface area contributed by atoms with E-state index in [4.69, 9.17) is 0 Å². The Morgan fingerprint density at radius 3 is 2.81 bits per heavy atom. The number of nitro benzene ring substituents is 1. The van der Waals surface area contributed by atoms with Crippen molar-refractivity contribution >= 4 is 11.5 Å². The van der Waals surface area contributed by atoms with E-state index < -0.39 is 16.9 Å². The summed E-state index contributed by atoms with van der Waals surface area (Å²) in [7, 11) is 0. The van der Waals surface area contributed by atoms with Crippen LogP contribution < -0.4 is 0 Å². The van der Waals surface area contributed by atoms with Crippen molar-refractivity contribution in [3.8, 4) is 0 Å². The number of hydrogen-bond acceptors (Lipinski definition) is 4. The molecule has 0 aromatic heterocycles. The molecule has 2 rings (SSSR count). The highest BCUT2D eigenvalue weighted by Crippen LogP contribution is 2.34. The van der Waals surface area contributed by atoms with Crippen LogP contribution in [-0.2, 0) is 6.42 Å². The fourth-order valence-electron chi connectivity index (χ4n) is 2.10. The summed E-state index contributed by atoms with van der Waals surface area (Å²) in [5.41, 5.74) is 0.661. The smallest absolute Gasteiger partial charge is 0.280 e. The largest absolute Gasteiger partial charge is 0.393 e. The van der Waals surface area contributed by atoms with E-state index in [0.29, 0.717) is 12.0 Å². The number of aliphatic hydroxyl groups is 1. The third kappa shape index (κ3) is 1.49. The molecule has 2 unspecified atom stereocenters. The van der Waals surface area contributed by atoms with Crippen molar-refractivity contribution in [2.45, 2.75) is 19.4 Å². The van der Waals surface area contributed by atoms with Crippen molar-refractivity contribution in [2.24, 2.45) is 5.92 Å². The Bertz CT molecular complexity index is 467. The van der Waals surface area contributed by atoms with Gasteiger partial charge in [-0.25, -0.2) is 0 Å². The third-order valence-electron chi connectivity index (χ3n) is 2.93. The maximum Gasteiger partial charge on any atom is 0.280 e. The van der Waals surface area contributed by atoms with Gasteiger partial charge in [0.15, 0.2) is 5.78 Å². The highest BCUT2D eigenvalue weighted by atomic mass is 16.6. The Morgan fingerprint density at radius 1 is 1.56 bits per heavy atom. The van der Waals surface area contributed by atoms with E-state index in [2.05, 4.69) is 0 Å². The summed E-state index contributed by atoms with van der Waals surface area (Å²) in [6.07, 6.45) is -0.396. The van der Waals surface area contributed by atoms with Gasteiger partial charge in [-0.05, 0) is 18.9 Å². The molecule has 84 valence electrons. The van der Waals surface area contributed by atoms with Gasteiger partial charge in [0.25, 0.3) is 5.69 Å². The van der Waals surface area contributed by atoms with Crippen LogP contribution in [0.1, 0.15) is 22.8 Å². The first-order chi connectivity index (χ1) is 7.52. The van der Waals surface area contributed by atoms with E-state index >= 15 is 0 Å². The van der Waals surface area contributed by atoms with Crippen LogP contribution in [0.2, 0.25) is 0 Å². The van der Waals surface area contributed by atoms with Gasteiger partial charge in [0.1, 0.15) is 0 Å². The molecule has 0 bridgehead atoms. The zero-order chi connectivity index (χ0) is 11.9. The number of nitro groups is 1. The fourth-order valence-corrected chi connectivity index (χ4v) is 2.10. The lowest BCUT2D eigenvalue weighted by atomic mass is 9.99. The Labute approximate surface area is 91.9 Å². The van der Waals surface area contributed by atoms with Crippen LogP contribution in [0.5, 0.6) is 0 Å². The minimum Gasteiger partial charge on any atom is -0.393 e. The average Bonchev–Trinajstić information content (AvgIpc) is 2.56. The molecule has 1 N–H and O–H groups in total. The van der Waals surface area contributed by atoms with Gasteiger partial charge in [-0.2, -0.15) is 0 Å². The molecular formula is C11H11NO4. The molecule has 1 aliphatic rings. The number of carbonyl (C=O) groups excluding carboxylic acids is 1. The van der Waals surface area contributed by atoms with Gasteiger partial charge in [0.05, 0.1) is 22.5 Å². The van der Waals surface area contributed by atoms with Crippen LogP contribution in [0, 0.1) is 16.0 Å². The second-order valence-corrected chi connectivity index (χ2v) is 3.98. The molecule has 5 nitrogen and oxygen atoms in total. The summed E-state index contributed by atoms with van der Waals surface area (Å²) in [5.74, 6) is -0.867. The monoisotopic (exact) mass is 221 g/mol. The summed E-state index contributed by atoms with van der Waals surface area (Å²) in [4.78, 5) is 22.1. The maximum absolute atomic E-state index is 11.9. The van der Waals surface area contributed by atoms with Gasteiger partial charge < -0.3 is 5.11 Å². The number of hydrogen-bond donors (Lipinski definition) is 1. The minimum absolute atomic E-state index is 0.161. The molecule has 0 saturated heterocycles. The molecule has 1 aromatic rings. The molecule has 1 aliphatic carbocycles. The van der Waals surface area contributed by atoms with Crippen LogP contribution in [0.25, 0.3) is 0 Å². The SMILES string of the molecule is CC(O)C1Cc2cccc([N+](=O)[O-])c2C1=O. The molecule has 5 heteroatoms. The topological polar surface area (TPSA) is 80.4 Å². The summed E-state index contributed by atoms with van der Waals surface area (Å²) in [5, 5.41) is 20.2. The normalized spacial score (nSPS) is 20.6. The molecule has 0 radical (unpaired) electrons. The third-order valence-corrected chi connectivity index (χ3v) is 2.93. The van der Waals surface area contributed by atoms with Gasteiger partial charge in [-0.15, -0.1) is 0 Å². The molecule has 0 aliphatic heterocycles. The van der Waals surface area contributed by atoms with Crippen molar-refractivity contribution in [2.75, 3.05) is 0 Å². The molecule has 1 aromatic carbocycles. The van der Waals surface area contributed by atoms with Crippen LogP contribution in [0.4, 0.5) is 5.69 Å². The van der Waals surface area contributed by atoms with Gasteiger partial charge in [-0.3, -0.25) is 14.9 Å². The summed E-state index contributed by atoms with van der Waals surface area (Å²) in [6.45, 7) is 1.53. The lowest BCUT2D eigenvalue weighted by molar-refractivity contribution is -0.385. The molecule has 0 fully saturated rings. The van der Waals surface area contributed by atoms with Crippen molar-refractivity contribution in [1.82, 2.24) is 0 Å². The average molecular weight is 221 g/mol. The van der Waals surface area contributed by atoms with Gasteiger partial charge in [0, 0.05) is 6.07 Å². The maximum atomic E-state index is 11.9. The molecular weight excluding hydrogens is 210 g/mol. The number of nitrogens with zero attached hydrogens (tertiary/aromatic N) is 1. The standard InChI is InChI=1S/C11H11NO4/c1-6(13)8-5-7-3-2-4-9(12(15)16)10(7)11(8)14/h2-4,6,8,13H,5H2,1H3. The molecule has 0 spiro atoms. The first-order valence-electron chi connectivity index (χ1n) is 5.01. The lowest BCUT2D eigenvalue weighted by Crippen LogP contribution is -2.22. The Balaban J connectivity index is 2.52. The van der Waals surface area contributed by atoms with Crippen molar-refractivity contribution < 1.29 is 14.8 Å². The number of ketones is 1. The number of benzene rings is 1. The van der Waals surface area contributed by atoms with Gasteiger partial charge in [-0.1, -0.05) is 12.1 Å². The van der Waals surface area contributed by atoms with Crippen molar-refractivity contribution in [1.29, 1.82) is 0 Å². The quantitative estimate of drug-likeness (QED) is 0.603. The Kier molecular flexibility index (Phi) is 2.47. The number of aliphatic hydroxyl groups excluding tert-OH is 1. The van der Waals surface area contributed by atoms with Crippen LogP contribution in [0.15, 0.2) is 18.2 Å². The van der Waals surface area contributed by atoms with E-state index in [0.717, 1.165) is 0 Å². The highest BCUT2D eigenvalue weighted by molar-refractivity contribution is 6.05. The fraction of sp³-hybridized carbons (Fsp3) is 0.364. The van der Waals surface area contributed by atoms with Crippen LogP contribution in [-0.4, -0.2) is 21.9 Å². The van der Waals surface area contributed by atoms with E-state index in [1.807, 2.05) is 0 Å². The second kappa shape index (κ2) is 3.68. The van der Waals surface area contributed by atoms with E-state index in [-0.39, 0.29) is 17.0 Å². The zero-order valence-electron chi connectivity index (χ0n) is 8.71. The van der Waals surface area contributed by atoms with Crippen molar-refractivity contribution in [3.05, 3.63) is 39.4 Å². The summed E-state index contributed by atoms with van der Waals surface area (Å²) in [6, 6.07) is 4.58. The second-order valence-electron chi connectivity index (χ2n) is 3.98. The van der Waals surface area contributed by atoms with E-state index in [1.165, 1.54) is 13.0 Å². The van der Waals surface area contributed by atoms with Crippen LogP contribution >= 0.6 is 0 Å². The predicted molar refractivity (Wildman–Crippen MR) is 56.3 cm³/mol. The summed E-state index contributed by atoms with van der Waals surface area (Å²) >= 11 is 0. The zero-order valence-corrected chi connectivity index (χ0v) is 8.71. The minimum atomic E-state index is -0.778. The Morgan fingerprint density at radius 2 is 2.25 bits per heavy atom. The molecule has 0 heterocycles. The summed E-state index contributed by atoms with van der Waals surface area (Å²) < 4.78 is 0. The van der Waals surface area contributed by atoms with Gasteiger partial charge in [0.2, 0.25) is 0 Å². The van der Waals surface area contributed by atoms with Crippen molar-refractivity contribution in [3.63, 3.8) is 0 Å². The molecule has 2 atom stereocenters. The number of Topliss-reactive ketones (excluding diaryl/α,β-unsaturated/α-hetero) is 1. The molecule has 16 heavy (non-hydrogen) atoms.